The average molecular weight is 508 g/mol. The summed E-state index contributed by atoms with van der Waals surface area (Å²) in [5.41, 5.74) is 4.31. The summed E-state index contributed by atoms with van der Waals surface area (Å²) in [6.45, 7) is 2.47. The highest BCUT2D eigenvalue weighted by Gasteiger charge is 2.40. The minimum Gasteiger partial charge on any atom is -0.488 e. The van der Waals surface area contributed by atoms with Gasteiger partial charge >= 0.3 is 5.97 Å². The van der Waals surface area contributed by atoms with Crippen LogP contribution in [-0.2, 0) is 29.2 Å². The summed E-state index contributed by atoms with van der Waals surface area (Å²) < 4.78 is 12.4. The van der Waals surface area contributed by atoms with E-state index in [1.54, 1.807) is 12.1 Å². The predicted octanol–water partition coefficient (Wildman–Crippen LogP) is 5.73. The molecule has 0 radical (unpaired) electrons. The molecule has 1 N–H and O–H groups in total. The molecule has 38 heavy (non-hydrogen) atoms. The highest BCUT2D eigenvalue weighted by molar-refractivity contribution is 5.88. The fourth-order valence-electron chi connectivity index (χ4n) is 4.81. The van der Waals surface area contributed by atoms with E-state index in [1.165, 1.54) is 4.90 Å². The number of carbonyl (C=O) groups is 2. The summed E-state index contributed by atoms with van der Waals surface area (Å²) in [6, 6.07) is 31.0. The zero-order valence-electron chi connectivity index (χ0n) is 21.1. The molecule has 0 saturated heterocycles. The van der Waals surface area contributed by atoms with Crippen LogP contribution >= 0.6 is 0 Å². The van der Waals surface area contributed by atoms with E-state index in [-0.39, 0.29) is 13.0 Å². The number of ether oxygens (including phenoxy) is 2. The predicted molar refractivity (Wildman–Crippen MR) is 144 cm³/mol. The van der Waals surface area contributed by atoms with E-state index < -0.39 is 24.0 Å². The van der Waals surface area contributed by atoms with Gasteiger partial charge in [-0.05, 0) is 35.7 Å². The molecule has 0 bridgehead atoms. The molecule has 2 atom stereocenters. The first-order valence-corrected chi connectivity index (χ1v) is 12.6. The molecule has 0 saturated carbocycles. The molecule has 0 aliphatic carbocycles. The number of carboxylic acids is 1. The zero-order chi connectivity index (χ0) is 26.5. The molecule has 1 heterocycles. The van der Waals surface area contributed by atoms with Gasteiger partial charge in [0, 0.05) is 24.1 Å². The Morgan fingerprint density at radius 3 is 2.18 bits per heavy atom. The lowest BCUT2D eigenvalue weighted by Crippen LogP contribution is -2.51. The molecular weight excluding hydrogens is 478 g/mol. The van der Waals surface area contributed by atoms with Crippen LogP contribution in [0.15, 0.2) is 103 Å². The van der Waals surface area contributed by atoms with E-state index in [9.17, 15) is 14.7 Å². The summed E-state index contributed by atoms with van der Waals surface area (Å²) in [7, 11) is 0. The molecule has 1 aliphatic heterocycles. The van der Waals surface area contributed by atoms with Crippen LogP contribution in [0.2, 0.25) is 0 Å². The standard InChI is InChI=1S/C32H29NO5/c1-22-17-18-25-20-33(28(32(35)36)19-27(25)29(22)37-21-23-11-5-2-6-12-23)31(34)30(24-13-7-3-8-14-24)38-26-15-9-4-10-16-26/h2-18,28,30H,19-21H2,1H3,(H,35,36)/t28-,30+/m1/s1. The second-order valence-corrected chi connectivity index (χ2v) is 9.37. The van der Waals surface area contributed by atoms with Crippen molar-refractivity contribution >= 4 is 11.9 Å². The van der Waals surface area contributed by atoms with Crippen LogP contribution in [0.4, 0.5) is 0 Å². The molecule has 0 unspecified atom stereocenters. The summed E-state index contributed by atoms with van der Waals surface area (Å²) in [5.74, 6) is -0.243. The zero-order valence-corrected chi connectivity index (χ0v) is 21.1. The highest BCUT2D eigenvalue weighted by atomic mass is 16.5. The molecule has 0 spiro atoms. The van der Waals surface area contributed by atoms with Crippen molar-refractivity contribution in [1.29, 1.82) is 0 Å². The highest BCUT2D eigenvalue weighted by Crippen LogP contribution is 2.36. The van der Waals surface area contributed by atoms with Gasteiger partial charge in [-0.2, -0.15) is 0 Å². The summed E-state index contributed by atoms with van der Waals surface area (Å²) in [5, 5.41) is 10.2. The van der Waals surface area contributed by atoms with Crippen LogP contribution in [-0.4, -0.2) is 27.9 Å². The van der Waals surface area contributed by atoms with Crippen LogP contribution in [0.5, 0.6) is 11.5 Å². The normalized spacial score (nSPS) is 15.3. The topological polar surface area (TPSA) is 76.1 Å². The first kappa shape index (κ1) is 25.1. The Hall–Kier alpha value is -4.58. The number of carbonyl (C=O) groups excluding carboxylic acids is 1. The van der Waals surface area contributed by atoms with Gasteiger partial charge in [0.15, 0.2) is 0 Å². The van der Waals surface area contributed by atoms with Gasteiger partial charge < -0.3 is 19.5 Å². The molecular formula is C32H29NO5. The number of carboxylic acid groups (broad SMARTS) is 1. The Bertz CT molecular complexity index is 1410. The quantitative estimate of drug-likeness (QED) is 0.330. The molecule has 0 fully saturated rings. The van der Waals surface area contributed by atoms with Crippen molar-refractivity contribution in [3.63, 3.8) is 0 Å². The molecule has 1 amide bonds. The molecule has 1 aliphatic rings. The van der Waals surface area contributed by atoms with Gasteiger partial charge in [-0.15, -0.1) is 0 Å². The Balaban J connectivity index is 1.47. The van der Waals surface area contributed by atoms with Gasteiger partial charge in [0.1, 0.15) is 24.1 Å². The number of para-hydroxylation sites is 1. The van der Waals surface area contributed by atoms with Crippen molar-refractivity contribution in [1.82, 2.24) is 4.90 Å². The van der Waals surface area contributed by atoms with E-state index in [4.69, 9.17) is 9.47 Å². The SMILES string of the molecule is Cc1ccc2c(c1OCc1ccccc1)C[C@H](C(=O)O)N(C(=O)[C@@H](Oc1ccccc1)c1ccccc1)C2. The monoisotopic (exact) mass is 507 g/mol. The van der Waals surface area contributed by atoms with Gasteiger partial charge in [-0.3, -0.25) is 4.79 Å². The first-order chi connectivity index (χ1) is 18.5. The van der Waals surface area contributed by atoms with Gasteiger partial charge in [0.05, 0.1) is 0 Å². The van der Waals surface area contributed by atoms with Gasteiger partial charge in [0.25, 0.3) is 5.91 Å². The number of amides is 1. The number of nitrogens with zero attached hydrogens (tertiary/aromatic N) is 1. The van der Waals surface area contributed by atoms with Crippen molar-refractivity contribution < 1.29 is 24.2 Å². The van der Waals surface area contributed by atoms with Crippen LogP contribution in [0, 0.1) is 6.92 Å². The van der Waals surface area contributed by atoms with Crippen molar-refractivity contribution in [2.24, 2.45) is 0 Å². The van der Waals surface area contributed by atoms with E-state index in [0.29, 0.717) is 23.7 Å². The Morgan fingerprint density at radius 1 is 0.895 bits per heavy atom. The summed E-state index contributed by atoms with van der Waals surface area (Å²) in [6.07, 6.45) is -0.837. The van der Waals surface area contributed by atoms with E-state index in [1.807, 2.05) is 97.9 Å². The minimum atomic E-state index is -1.06. The third-order valence-corrected chi connectivity index (χ3v) is 6.79. The largest absolute Gasteiger partial charge is 0.488 e. The van der Waals surface area contributed by atoms with Gasteiger partial charge in [-0.1, -0.05) is 91.0 Å². The van der Waals surface area contributed by atoms with Crippen LogP contribution in [0.1, 0.15) is 33.9 Å². The maximum atomic E-state index is 14.0. The number of aliphatic carboxylic acids is 1. The number of hydrogen-bond donors (Lipinski definition) is 1. The van der Waals surface area contributed by atoms with Crippen LogP contribution in [0.3, 0.4) is 0 Å². The van der Waals surface area contributed by atoms with Gasteiger partial charge in [0.2, 0.25) is 6.10 Å². The third-order valence-electron chi connectivity index (χ3n) is 6.79. The fraction of sp³-hybridized carbons (Fsp3) is 0.188. The van der Waals surface area contributed by atoms with Crippen LogP contribution < -0.4 is 9.47 Å². The maximum absolute atomic E-state index is 14.0. The second-order valence-electron chi connectivity index (χ2n) is 9.37. The minimum absolute atomic E-state index is 0.147. The molecule has 192 valence electrons. The lowest BCUT2D eigenvalue weighted by atomic mass is 9.90. The number of aryl methyl sites for hydroxylation is 1. The molecule has 5 rings (SSSR count). The molecule has 0 aromatic heterocycles. The van der Waals surface area contributed by atoms with E-state index in [2.05, 4.69) is 0 Å². The van der Waals surface area contributed by atoms with Crippen molar-refractivity contribution in [2.75, 3.05) is 0 Å². The van der Waals surface area contributed by atoms with Gasteiger partial charge in [-0.25, -0.2) is 4.79 Å². The fourth-order valence-corrected chi connectivity index (χ4v) is 4.81. The average Bonchev–Trinajstić information content (AvgIpc) is 2.96. The third kappa shape index (κ3) is 5.39. The van der Waals surface area contributed by atoms with Crippen molar-refractivity contribution in [2.45, 2.75) is 38.6 Å². The lowest BCUT2D eigenvalue weighted by molar-refractivity contribution is -0.155. The Morgan fingerprint density at radius 2 is 1.53 bits per heavy atom. The molecule has 4 aromatic carbocycles. The molecule has 6 nitrogen and oxygen atoms in total. The van der Waals surface area contributed by atoms with E-state index >= 15 is 0 Å². The molecule has 6 heteroatoms. The summed E-state index contributed by atoms with van der Waals surface area (Å²) in [4.78, 5) is 27.9. The number of hydrogen-bond acceptors (Lipinski definition) is 4. The van der Waals surface area contributed by atoms with Crippen LogP contribution in [0.25, 0.3) is 0 Å². The number of benzene rings is 4. The van der Waals surface area contributed by atoms with Crippen molar-refractivity contribution in [3.05, 3.63) is 131 Å². The van der Waals surface area contributed by atoms with Crippen molar-refractivity contribution in [3.8, 4) is 11.5 Å². The second kappa shape index (κ2) is 11.2. The maximum Gasteiger partial charge on any atom is 0.326 e. The summed E-state index contributed by atoms with van der Waals surface area (Å²) >= 11 is 0. The number of rotatable bonds is 8. The molecule has 4 aromatic rings. The Labute approximate surface area is 222 Å². The lowest BCUT2D eigenvalue weighted by Gasteiger charge is -2.37. The van der Waals surface area contributed by atoms with E-state index in [0.717, 1.165) is 22.3 Å². The smallest absolute Gasteiger partial charge is 0.326 e. The number of fused-ring (bicyclic) bond motifs is 1. The first-order valence-electron chi connectivity index (χ1n) is 12.6. The Kier molecular flexibility index (Phi) is 7.40.